The molecule has 0 radical (unpaired) electrons. The normalized spacial score (nSPS) is 12.8. The Labute approximate surface area is 97.4 Å². The van der Waals surface area contributed by atoms with Gasteiger partial charge in [0.2, 0.25) is 0 Å². The standard InChI is InChI=1S/C13H21NO2/c1-10-5-4-6-12(11(10)2)7-14-13(8-15)9-16-3/h4-6,13-15H,7-9H2,1-3H3. The Balaban J connectivity index is 2.56. The molecule has 0 aliphatic rings. The number of ether oxygens (including phenoxy) is 1. The van der Waals surface area contributed by atoms with Gasteiger partial charge in [-0.3, -0.25) is 0 Å². The fourth-order valence-corrected chi connectivity index (χ4v) is 1.64. The minimum absolute atomic E-state index is 0.00455. The number of aliphatic hydroxyl groups excluding tert-OH is 1. The summed E-state index contributed by atoms with van der Waals surface area (Å²) in [5.41, 5.74) is 3.88. The second kappa shape index (κ2) is 6.63. The summed E-state index contributed by atoms with van der Waals surface area (Å²) in [4.78, 5) is 0. The van der Waals surface area contributed by atoms with E-state index in [-0.39, 0.29) is 12.6 Å². The summed E-state index contributed by atoms with van der Waals surface area (Å²) in [6, 6.07) is 6.28. The highest BCUT2D eigenvalue weighted by molar-refractivity contribution is 5.32. The Bertz CT molecular complexity index is 326. The van der Waals surface area contributed by atoms with Gasteiger partial charge in [0.15, 0.2) is 0 Å². The zero-order valence-electron chi connectivity index (χ0n) is 10.3. The molecule has 0 saturated carbocycles. The van der Waals surface area contributed by atoms with Crippen LogP contribution >= 0.6 is 0 Å². The lowest BCUT2D eigenvalue weighted by atomic mass is 10.0. The summed E-state index contributed by atoms with van der Waals surface area (Å²) in [6.07, 6.45) is 0. The molecule has 0 fully saturated rings. The van der Waals surface area contributed by atoms with Gasteiger partial charge in [-0.25, -0.2) is 0 Å². The molecule has 1 rings (SSSR count). The average Bonchev–Trinajstić information content (AvgIpc) is 2.29. The molecule has 2 N–H and O–H groups in total. The lowest BCUT2D eigenvalue weighted by Crippen LogP contribution is -2.36. The predicted molar refractivity (Wildman–Crippen MR) is 65.5 cm³/mol. The van der Waals surface area contributed by atoms with Gasteiger partial charge >= 0.3 is 0 Å². The molecule has 0 aliphatic heterocycles. The van der Waals surface area contributed by atoms with Gasteiger partial charge in [0.05, 0.1) is 19.3 Å². The molecule has 0 spiro atoms. The van der Waals surface area contributed by atoms with Gasteiger partial charge in [-0.1, -0.05) is 18.2 Å². The molecule has 1 aromatic rings. The first-order valence-electron chi connectivity index (χ1n) is 5.57. The van der Waals surface area contributed by atoms with Crippen LogP contribution in [-0.2, 0) is 11.3 Å². The fourth-order valence-electron chi connectivity index (χ4n) is 1.64. The molecule has 90 valence electrons. The largest absolute Gasteiger partial charge is 0.395 e. The molecule has 3 nitrogen and oxygen atoms in total. The molecule has 0 aliphatic carbocycles. The molecule has 0 amide bonds. The molecular formula is C13H21NO2. The summed E-state index contributed by atoms with van der Waals surface area (Å²) in [5.74, 6) is 0. The van der Waals surface area contributed by atoms with Gasteiger partial charge in [-0.2, -0.15) is 0 Å². The monoisotopic (exact) mass is 223 g/mol. The molecule has 0 heterocycles. The molecule has 0 saturated heterocycles. The quantitative estimate of drug-likeness (QED) is 0.766. The van der Waals surface area contributed by atoms with Crippen LogP contribution in [0, 0.1) is 13.8 Å². The third kappa shape index (κ3) is 3.59. The number of benzene rings is 1. The first-order valence-corrected chi connectivity index (χ1v) is 5.57. The Hall–Kier alpha value is -0.900. The summed E-state index contributed by atoms with van der Waals surface area (Å²) in [5, 5.41) is 12.4. The van der Waals surface area contributed by atoms with Gasteiger partial charge in [-0.15, -0.1) is 0 Å². The molecular weight excluding hydrogens is 202 g/mol. The third-order valence-electron chi connectivity index (χ3n) is 2.89. The van der Waals surface area contributed by atoms with Crippen LogP contribution in [0.5, 0.6) is 0 Å². The van der Waals surface area contributed by atoms with Gasteiger partial charge in [-0.05, 0) is 30.5 Å². The predicted octanol–water partition coefficient (Wildman–Crippen LogP) is 1.40. The van der Waals surface area contributed by atoms with Crippen LogP contribution < -0.4 is 5.32 Å². The van der Waals surface area contributed by atoms with Gasteiger partial charge in [0.25, 0.3) is 0 Å². The molecule has 1 unspecified atom stereocenters. The van der Waals surface area contributed by atoms with Crippen LogP contribution in [0.15, 0.2) is 18.2 Å². The van der Waals surface area contributed by atoms with Crippen molar-refractivity contribution in [2.45, 2.75) is 26.4 Å². The van der Waals surface area contributed by atoms with Crippen molar-refractivity contribution in [2.24, 2.45) is 0 Å². The van der Waals surface area contributed by atoms with Crippen LogP contribution in [0.4, 0.5) is 0 Å². The van der Waals surface area contributed by atoms with E-state index in [1.54, 1.807) is 7.11 Å². The second-order valence-electron chi connectivity index (χ2n) is 4.07. The summed E-state index contributed by atoms with van der Waals surface area (Å²) < 4.78 is 5.01. The Kier molecular flexibility index (Phi) is 5.46. The number of hydrogen-bond acceptors (Lipinski definition) is 3. The fraction of sp³-hybridized carbons (Fsp3) is 0.538. The number of aryl methyl sites for hydroxylation is 1. The van der Waals surface area contributed by atoms with Gasteiger partial charge in [0.1, 0.15) is 0 Å². The molecule has 0 bridgehead atoms. The van der Waals surface area contributed by atoms with Crippen molar-refractivity contribution in [1.82, 2.24) is 5.32 Å². The van der Waals surface area contributed by atoms with E-state index in [4.69, 9.17) is 9.84 Å². The van der Waals surface area contributed by atoms with Crippen LogP contribution in [-0.4, -0.2) is 31.5 Å². The summed E-state index contributed by atoms with van der Waals surface area (Å²) in [7, 11) is 1.64. The number of aliphatic hydroxyl groups is 1. The molecule has 16 heavy (non-hydrogen) atoms. The van der Waals surface area contributed by atoms with Crippen LogP contribution in [0.25, 0.3) is 0 Å². The first kappa shape index (κ1) is 13.2. The van der Waals surface area contributed by atoms with Crippen molar-refractivity contribution in [2.75, 3.05) is 20.3 Å². The van der Waals surface area contributed by atoms with E-state index in [9.17, 15) is 0 Å². The van der Waals surface area contributed by atoms with Crippen molar-refractivity contribution in [3.05, 3.63) is 34.9 Å². The summed E-state index contributed by atoms with van der Waals surface area (Å²) >= 11 is 0. The lowest BCUT2D eigenvalue weighted by Gasteiger charge is -2.16. The van der Waals surface area contributed by atoms with Crippen molar-refractivity contribution in [3.8, 4) is 0 Å². The van der Waals surface area contributed by atoms with Crippen molar-refractivity contribution in [3.63, 3.8) is 0 Å². The highest BCUT2D eigenvalue weighted by atomic mass is 16.5. The Morgan fingerprint density at radius 1 is 1.38 bits per heavy atom. The maximum Gasteiger partial charge on any atom is 0.0638 e. The van der Waals surface area contributed by atoms with Crippen LogP contribution in [0.2, 0.25) is 0 Å². The average molecular weight is 223 g/mol. The second-order valence-corrected chi connectivity index (χ2v) is 4.07. The molecule has 1 atom stereocenters. The maximum atomic E-state index is 9.12. The Morgan fingerprint density at radius 2 is 2.12 bits per heavy atom. The summed E-state index contributed by atoms with van der Waals surface area (Å²) in [6.45, 7) is 5.62. The number of methoxy groups -OCH3 is 1. The topological polar surface area (TPSA) is 41.5 Å². The lowest BCUT2D eigenvalue weighted by molar-refractivity contribution is 0.128. The van der Waals surface area contributed by atoms with Gasteiger partial charge < -0.3 is 15.2 Å². The van der Waals surface area contributed by atoms with E-state index < -0.39 is 0 Å². The minimum atomic E-state index is 0.00455. The van der Waals surface area contributed by atoms with Crippen molar-refractivity contribution in [1.29, 1.82) is 0 Å². The van der Waals surface area contributed by atoms with E-state index >= 15 is 0 Å². The number of nitrogens with one attached hydrogen (secondary N) is 1. The molecule has 1 aromatic carbocycles. The van der Waals surface area contributed by atoms with E-state index in [2.05, 4.69) is 37.4 Å². The van der Waals surface area contributed by atoms with E-state index in [0.717, 1.165) is 6.54 Å². The molecule has 3 heteroatoms. The van der Waals surface area contributed by atoms with Crippen LogP contribution in [0.3, 0.4) is 0 Å². The first-order chi connectivity index (χ1) is 7.69. The van der Waals surface area contributed by atoms with Crippen LogP contribution in [0.1, 0.15) is 16.7 Å². The highest BCUT2D eigenvalue weighted by Gasteiger charge is 2.07. The third-order valence-corrected chi connectivity index (χ3v) is 2.89. The zero-order valence-corrected chi connectivity index (χ0v) is 10.3. The van der Waals surface area contributed by atoms with E-state index in [0.29, 0.717) is 6.61 Å². The van der Waals surface area contributed by atoms with Gasteiger partial charge in [0, 0.05) is 13.7 Å². The number of rotatable bonds is 6. The SMILES string of the molecule is COCC(CO)NCc1cccc(C)c1C. The minimum Gasteiger partial charge on any atom is -0.395 e. The van der Waals surface area contributed by atoms with E-state index in [1.165, 1.54) is 16.7 Å². The maximum absolute atomic E-state index is 9.12. The Morgan fingerprint density at radius 3 is 2.75 bits per heavy atom. The highest BCUT2D eigenvalue weighted by Crippen LogP contribution is 2.12. The zero-order chi connectivity index (χ0) is 12.0. The van der Waals surface area contributed by atoms with Crippen molar-refractivity contribution < 1.29 is 9.84 Å². The van der Waals surface area contributed by atoms with E-state index in [1.807, 2.05) is 0 Å². The molecule has 0 aromatic heterocycles. The smallest absolute Gasteiger partial charge is 0.0638 e. The number of hydrogen-bond donors (Lipinski definition) is 2. The van der Waals surface area contributed by atoms with Crippen molar-refractivity contribution >= 4 is 0 Å².